The number of H-pyrrole nitrogens is 1. The summed E-state index contributed by atoms with van der Waals surface area (Å²) in [6, 6.07) is 23.1. The monoisotopic (exact) mass is 454 g/mol. The Morgan fingerprint density at radius 2 is 1.65 bits per heavy atom. The Balaban J connectivity index is 0.000000291. The topological polar surface area (TPSA) is 86.9 Å². The maximum absolute atomic E-state index is 12.4. The molecule has 6 heteroatoms. The summed E-state index contributed by atoms with van der Waals surface area (Å²) in [5.41, 5.74) is 5.49. The summed E-state index contributed by atoms with van der Waals surface area (Å²) in [5, 5.41) is 6.19. The second kappa shape index (κ2) is 11.3. The van der Waals surface area contributed by atoms with E-state index < -0.39 is 0 Å². The highest BCUT2D eigenvalue weighted by atomic mass is 16.1. The zero-order valence-electron chi connectivity index (χ0n) is 19.4. The maximum Gasteiger partial charge on any atom is 0.227 e. The molecule has 1 fully saturated rings. The van der Waals surface area contributed by atoms with Crippen LogP contribution in [0.4, 0.5) is 11.4 Å². The number of hydrogen-bond donors (Lipinski definition) is 3. The molecule has 1 saturated carbocycles. The normalized spacial score (nSPS) is 13.6. The fourth-order valence-corrected chi connectivity index (χ4v) is 4.16. The molecule has 0 saturated heterocycles. The average Bonchev–Trinajstić information content (AvgIpc) is 3.33. The number of anilines is 2. The van der Waals surface area contributed by atoms with Crippen LogP contribution in [0.25, 0.3) is 22.4 Å². The van der Waals surface area contributed by atoms with Crippen LogP contribution in [0.1, 0.15) is 42.5 Å². The van der Waals surface area contributed by atoms with Gasteiger partial charge in [-0.15, -0.1) is 0 Å². The van der Waals surface area contributed by atoms with Gasteiger partial charge in [0.2, 0.25) is 5.91 Å². The number of benzene rings is 3. The molecule has 1 aliphatic rings. The van der Waals surface area contributed by atoms with Crippen molar-refractivity contribution in [1.82, 2.24) is 9.97 Å². The minimum absolute atomic E-state index is 0.145. The summed E-state index contributed by atoms with van der Waals surface area (Å²) in [5.74, 6) is 1.13. The molecule has 174 valence electrons. The first-order valence-corrected chi connectivity index (χ1v) is 11.8. The summed E-state index contributed by atoms with van der Waals surface area (Å²) in [4.78, 5) is 30.5. The number of aldehydes is 1. The molecule has 0 bridgehead atoms. The van der Waals surface area contributed by atoms with Crippen molar-refractivity contribution in [3.8, 4) is 11.4 Å². The van der Waals surface area contributed by atoms with E-state index in [2.05, 4.69) is 20.6 Å². The van der Waals surface area contributed by atoms with Gasteiger partial charge in [-0.1, -0.05) is 49.6 Å². The number of nitrogens with one attached hydrogen (secondary N) is 3. The smallest absolute Gasteiger partial charge is 0.227 e. The predicted molar refractivity (Wildman–Crippen MR) is 138 cm³/mol. The molecule has 4 aromatic rings. The van der Waals surface area contributed by atoms with Crippen LogP contribution in [0.3, 0.4) is 0 Å². The van der Waals surface area contributed by atoms with E-state index in [9.17, 15) is 9.59 Å². The quantitative estimate of drug-likeness (QED) is 0.309. The molecule has 0 spiro atoms. The van der Waals surface area contributed by atoms with Gasteiger partial charge in [-0.2, -0.15) is 0 Å². The SMILES string of the molecule is CNc1ccc(-c2nc3ccc(NC(=O)C4CCCCC4)cc3[nH]2)cc1.O=Cc1ccccc1. The molecule has 1 aromatic heterocycles. The van der Waals surface area contributed by atoms with Crippen molar-refractivity contribution in [3.05, 3.63) is 78.4 Å². The Kier molecular flexibility index (Phi) is 7.71. The molecular weight excluding hydrogens is 424 g/mol. The number of hydrogen-bond acceptors (Lipinski definition) is 4. The largest absolute Gasteiger partial charge is 0.388 e. The molecule has 34 heavy (non-hydrogen) atoms. The summed E-state index contributed by atoms with van der Waals surface area (Å²) in [6.07, 6.45) is 6.42. The first-order valence-electron chi connectivity index (χ1n) is 11.8. The summed E-state index contributed by atoms with van der Waals surface area (Å²) in [7, 11) is 1.90. The van der Waals surface area contributed by atoms with Crippen LogP contribution < -0.4 is 10.6 Å². The van der Waals surface area contributed by atoms with Gasteiger partial charge in [0.1, 0.15) is 12.1 Å². The Hall–Kier alpha value is -3.93. The standard InChI is InChI=1S/C21H24N4O.C7H6O/c1-22-16-9-7-14(8-10-16)20-24-18-12-11-17(13-19(18)25-20)23-21(26)15-5-3-2-4-6-15;8-6-7-4-2-1-3-5-7/h7-13,15,22H,2-6H2,1H3,(H,23,26)(H,24,25);1-6H. The number of aromatic amines is 1. The average molecular weight is 455 g/mol. The van der Waals surface area contributed by atoms with Crippen LogP contribution in [0.2, 0.25) is 0 Å². The number of amides is 1. The molecule has 5 rings (SSSR count). The van der Waals surface area contributed by atoms with Crippen LogP contribution in [0, 0.1) is 5.92 Å². The van der Waals surface area contributed by atoms with Crippen molar-refractivity contribution in [2.24, 2.45) is 5.92 Å². The van der Waals surface area contributed by atoms with Crippen LogP contribution in [-0.2, 0) is 4.79 Å². The van der Waals surface area contributed by atoms with Crippen LogP contribution in [-0.4, -0.2) is 29.2 Å². The second-order valence-corrected chi connectivity index (χ2v) is 8.50. The molecule has 0 unspecified atom stereocenters. The van der Waals surface area contributed by atoms with Gasteiger partial charge >= 0.3 is 0 Å². The van der Waals surface area contributed by atoms with Crippen molar-refractivity contribution < 1.29 is 9.59 Å². The first-order chi connectivity index (χ1) is 16.7. The molecule has 3 aromatic carbocycles. The minimum atomic E-state index is 0.145. The van der Waals surface area contributed by atoms with Gasteiger partial charge < -0.3 is 15.6 Å². The lowest BCUT2D eigenvalue weighted by molar-refractivity contribution is -0.120. The lowest BCUT2D eigenvalue weighted by Gasteiger charge is -2.20. The zero-order chi connectivity index (χ0) is 23.8. The number of fused-ring (bicyclic) bond motifs is 1. The molecule has 0 radical (unpaired) electrons. The van der Waals surface area contributed by atoms with Crippen molar-refractivity contribution in [1.29, 1.82) is 0 Å². The van der Waals surface area contributed by atoms with Gasteiger partial charge in [-0.25, -0.2) is 4.98 Å². The molecule has 0 aliphatic heterocycles. The number of carbonyl (C=O) groups is 2. The minimum Gasteiger partial charge on any atom is -0.388 e. The fourth-order valence-electron chi connectivity index (χ4n) is 4.16. The second-order valence-electron chi connectivity index (χ2n) is 8.50. The van der Waals surface area contributed by atoms with Crippen LogP contribution in [0.5, 0.6) is 0 Å². The van der Waals surface area contributed by atoms with E-state index in [-0.39, 0.29) is 11.8 Å². The highest BCUT2D eigenvalue weighted by Gasteiger charge is 2.21. The lowest BCUT2D eigenvalue weighted by atomic mass is 9.88. The van der Waals surface area contributed by atoms with Gasteiger partial charge in [-0.05, 0) is 55.3 Å². The van der Waals surface area contributed by atoms with Gasteiger partial charge in [0, 0.05) is 35.5 Å². The molecule has 0 atom stereocenters. The Bertz CT molecular complexity index is 1230. The Morgan fingerprint density at radius 1 is 0.941 bits per heavy atom. The van der Waals surface area contributed by atoms with E-state index in [1.165, 1.54) is 6.42 Å². The van der Waals surface area contributed by atoms with Gasteiger partial charge in [-0.3, -0.25) is 9.59 Å². The number of aromatic nitrogens is 2. The van der Waals surface area contributed by atoms with E-state index in [1.807, 2.05) is 67.7 Å². The van der Waals surface area contributed by atoms with Crippen molar-refractivity contribution in [2.45, 2.75) is 32.1 Å². The number of nitrogens with zero attached hydrogens (tertiary/aromatic N) is 1. The zero-order valence-corrected chi connectivity index (χ0v) is 19.4. The van der Waals surface area contributed by atoms with Crippen molar-refractivity contribution in [2.75, 3.05) is 17.7 Å². The highest BCUT2D eigenvalue weighted by molar-refractivity contribution is 5.94. The molecule has 1 amide bonds. The van der Waals surface area contributed by atoms with E-state index >= 15 is 0 Å². The van der Waals surface area contributed by atoms with E-state index in [0.717, 1.165) is 71.3 Å². The fraction of sp³-hybridized carbons (Fsp3) is 0.250. The Morgan fingerprint density at radius 3 is 2.29 bits per heavy atom. The van der Waals surface area contributed by atoms with Gasteiger partial charge in [0.25, 0.3) is 0 Å². The summed E-state index contributed by atoms with van der Waals surface area (Å²) < 4.78 is 0. The maximum atomic E-state index is 12.4. The number of imidazole rings is 1. The molecule has 6 nitrogen and oxygen atoms in total. The highest BCUT2D eigenvalue weighted by Crippen LogP contribution is 2.27. The van der Waals surface area contributed by atoms with Gasteiger partial charge in [0.15, 0.2) is 0 Å². The Labute approximate surface area is 199 Å². The van der Waals surface area contributed by atoms with Crippen LogP contribution >= 0.6 is 0 Å². The van der Waals surface area contributed by atoms with Crippen molar-refractivity contribution >= 4 is 34.6 Å². The number of rotatable bonds is 5. The first kappa shape index (κ1) is 23.2. The molecule has 3 N–H and O–H groups in total. The predicted octanol–water partition coefficient (Wildman–Crippen LogP) is 6.29. The molecule has 1 heterocycles. The number of carbonyl (C=O) groups excluding carboxylic acids is 2. The molecular formula is C28H30N4O2. The van der Waals surface area contributed by atoms with Crippen LogP contribution in [0.15, 0.2) is 72.8 Å². The van der Waals surface area contributed by atoms with Gasteiger partial charge in [0.05, 0.1) is 11.0 Å². The summed E-state index contributed by atoms with van der Waals surface area (Å²) >= 11 is 0. The molecule has 1 aliphatic carbocycles. The third kappa shape index (κ3) is 5.90. The van der Waals surface area contributed by atoms with E-state index in [0.29, 0.717) is 0 Å². The van der Waals surface area contributed by atoms with E-state index in [4.69, 9.17) is 0 Å². The van der Waals surface area contributed by atoms with Crippen molar-refractivity contribution in [3.63, 3.8) is 0 Å². The van der Waals surface area contributed by atoms with E-state index in [1.54, 1.807) is 12.1 Å². The summed E-state index contributed by atoms with van der Waals surface area (Å²) in [6.45, 7) is 0. The third-order valence-electron chi connectivity index (χ3n) is 6.11. The third-order valence-corrected chi connectivity index (χ3v) is 6.11. The lowest BCUT2D eigenvalue weighted by Crippen LogP contribution is -2.24.